The number of hydrogen-bond acceptors (Lipinski definition) is 3. The average Bonchev–Trinajstić information content (AvgIpc) is 3.04. The summed E-state index contributed by atoms with van der Waals surface area (Å²) in [5, 5.41) is 0. The van der Waals surface area contributed by atoms with Crippen molar-refractivity contribution in [3.05, 3.63) is 59.6 Å². The average molecular weight is 279 g/mol. The van der Waals surface area contributed by atoms with Gasteiger partial charge >= 0.3 is 0 Å². The minimum absolute atomic E-state index is 0.251. The van der Waals surface area contributed by atoms with Crippen molar-refractivity contribution in [2.45, 2.75) is 18.9 Å². The first-order valence-electron chi connectivity index (χ1n) is 7.11. The Balaban J connectivity index is 1.84. The molecule has 0 saturated carbocycles. The summed E-state index contributed by atoms with van der Waals surface area (Å²) in [5.74, 6) is 0.137. The molecule has 4 rings (SSSR count). The highest BCUT2D eigenvalue weighted by Gasteiger charge is 2.48. The fourth-order valence-corrected chi connectivity index (χ4v) is 2.98. The van der Waals surface area contributed by atoms with Crippen molar-refractivity contribution in [3.63, 3.8) is 0 Å². The van der Waals surface area contributed by atoms with Crippen molar-refractivity contribution in [1.82, 2.24) is 0 Å². The van der Waals surface area contributed by atoms with E-state index in [1.54, 1.807) is 18.5 Å². The third kappa shape index (κ3) is 1.68. The quantitative estimate of drug-likeness (QED) is 0.745. The molecule has 1 aromatic carbocycles. The van der Waals surface area contributed by atoms with Crippen LogP contribution in [0.4, 0.5) is 4.39 Å². The number of rotatable bonds is 2. The van der Waals surface area contributed by atoms with Crippen molar-refractivity contribution >= 4 is 17.8 Å². The standard InChI is InChI=1S/C17H14FN3/c1-2-11-7-8-17-14(9-11)21-15(16(17)19-10-20-17)12-3-5-13(18)6-4-12/h3-11H,2H2,1H3. The second-order valence-electron chi connectivity index (χ2n) is 5.44. The highest BCUT2D eigenvalue weighted by Crippen LogP contribution is 2.41. The summed E-state index contributed by atoms with van der Waals surface area (Å²) in [7, 11) is 0. The number of halogens is 1. The van der Waals surface area contributed by atoms with Crippen LogP contribution < -0.4 is 0 Å². The molecule has 21 heavy (non-hydrogen) atoms. The van der Waals surface area contributed by atoms with Gasteiger partial charge in [-0.25, -0.2) is 19.4 Å². The molecule has 3 nitrogen and oxygen atoms in total. The molecule has 3 aliphatic rings. The van der Waals surface area contributed by atoms with Crippen LogP contribution in [0.15, 0.2) is 63.2 Å². The molecule has 2 unspecified atom stereocenters. The van der Waals surface area contributed by atoms with E-state index in [0.717, 1.165) is 29.1 Å². The van der Waals surface area contributed by atoms with Crippen molar-refractivity contribution in [2.24, 2.45) is 20.9 Å². The molecule has 2 atom stereocenters. The van der Waals surface area contributed by atoms with Crippen LogP contribution in [0.25, 0.3) is 0 Å². The Labute approximate surface area is 122 Å². The molecule has 104 valence electrons. The topological polar surface area (TPSA) is 37.1 Å². The maximum atomic E-state index is 13.1. The number of nitrogens with zero attached hydrogens (tertiary/aromatic N) is 3. The van der Waals surface area contributed by atoms with Gasteiger partial charge in [-0.3, -0.25) is 0 Å². The summed E-state index contributed by atoms with van der Waals surface area (Å²) in [6.07, 6.45) is 9.06. The summed E-state index contributed by atoms with van der Waals surface area (Å²) in [5.41, 5.74) is 2.89. The minimum Gasteiger partial charge on any atom is -0.250 e. The van der Waals surface area contributed by atoms with E-state index in [9.17, 15) is 4.39 Å². The lowest BCUT2D eigenvalue weighted by Crippen LogP contribution is -2.35. The number of benzene rings is 1. The normalized spacial score (nSPS) is 28.9. The predicted octanol–water partition coefficient (Wildman–Crippen LogP) is 3.33. The number of hydrogen-bond donors (Lipinski definition) is 0. The smallest absolute Gasteiger partial charge is 0.166 e. The fourth-order valence-electron chi connectivity index (χ4n) is 2.98. The largest absolute Gasteiger partial charge is 0.250 e. The van der Waals surface area contributed by atoms with Gasteiger partial charge in [0.2, 0.25) is 0 Å². The lowest BCUT2D eigenvalue weighted by molar-refractivity contribution is 0.628. The monoisotopic (exact) mass is 279 g/mol. The maximum Gasteiger partial charge on any atom is 0.166 e. The molecule has 0 bridgehead atoms. The molecule has 0 amide bonds. The van der Waals surface area contributed by atoms with E-state index in [2.05, 4.69) is 35.1 Å². The molecule has 1 spiro atoms. The summed E-state index contributed by atoms with van der Waals surface area (Å²) >= 11 is 0. The van der Waals surface area contributed by atoms with E-state index in [-0.39, 0.29) is 5.82 Å². The number of allylic oxidation sites excluding steroid dienone is 2. The van der Waals surface area contributed by atoms with Crippen LogP contribution >= 0.6 is 0 Å². The Morgan fingerprint density at radius 1 is 1.24 bits per heavy atom. The zero-order chi connectivity index (χ0) is 14.4. The fraction of sp³-hybridized carbons (Fsp3) is 0.235. The summed E-state index contributed by atoms with van der Waals surface area (Å²) in [6, 6.07) is 6.37. The van der Waals surface area contributed by atoms with Gasteiger partial charge in [-0.1, -0.05) is 19.1 Å². The van der Waals surface area contributed by atoms with E-state index >= 15 is 0 Å². The molecule has 1 aromatic rings. The van der Waals surface area contributed by atoms with Crippen LogP contribution in [0, 0.1) is 11.7 Å². The van der Waals surface area contributed by atoms with Crippen LogP contribution in [-0.4, -0.2) is 23.3 Å². The van der Waals surface area contributed by atoms with Crippen molar-refractivity contribution in [3.8, 4) is 0 Å². The molecule has 0 aromatic heterocycles. The van der Waals surface area contributed by atoms with Gasteiger partial charge in [0.15, 0.2) is 5.54 Å². The lowest BCUT2D eigenvalue weighted by atomic mass is 9.83. The summed E-state index contributed by atoms with van der Waals surface area (Å²) < 4.78 is 13.1. The maximum absolute atomic E-state index is 13.1. The van der Waals surface area contributed by atoms with Gasteiger partial charge in [-0.15, -0.1) is 0 Å². The first-order chi connectivity index (χ1) is 10.2. The van der Waals surface area contributed by atoms with Crippen LogP contribution in [0.1, 0.15) is 18.9 Å². The molecule has 2 heterocycles. The van der Waals surface area contributed by atoms with E-state index in [1.165, 1.54) is 12.1 Å². The summed E-state index contributed by atoms with van der Waals surface area (Å²) in [4.78, 5) is 13.7. The Morgan fingerprint density at radius 3 is 2.81 bits per heavy atom. The molecular weight excluding hydrogens is 265 g/mol. The van der Waals surface area contributed by atoms with Crippen LogP contribution in [0.3, 0.4) is 0 Å². The van der Waals surface area contributed by atoms with E-state index in [0.29, 0.717) is 5.92 Å². The van der Waals surface area contributed by atoms with Gasteiger partial charge < -0.3 is 0 Å². The minimum atomic E-state index is -0.546. The third-order valence-corrected chi connectivity index (χ3v) is 4.20. The zero-order valence-electron chi connectivity index (χ0n) is 11.6. The van der Waals surface area contributed by atoms with E-state index < -0.39 is 5.54 Å². The highest BCUT2D eigenvalue weighted by atomic mass is 19.1. The van der Waals surface area contributed by atoms with Crippen molar-refractivity contribution < 1.29 is 4.39 Å². The van der Waals surface area contributed by atoms with Crippen LogP contribution in [0.5, 0.6) is 0 Å². The van der Waals surface area contributed by atoms with E-state index in [1.807, 2.05) is 0 Å². The Bertz CT molecular complexity index is 753. The predicted molar refractivity (Wildman–Crippen MR) is 82.6 cm³/mol. The lowest BCUT2D eigenvalue weighted by Gasteiger charge is -2.24. The molecule has 0 fully saturated rings. The second-order valence-corrected chi connectivity index (χ2v) is 5.44. The second kappa shape index (κ2) is 4.32. The summed E-state index contributed by atoms with van der Waals surface area (Å²) in [6.45, 7) is 2.15. The molecular formula is C17H14FN3. The van der Waals surface area contributed by atoms with Gasteiger partial charge in [-0.2, -0.15) is 0 Å². The Kier molecular flexibility index (Phi) is 2.55. The molecule has 0 saturated heterocycles. The van der Waals surface area contributed by atoms with Crippen molar-refractivity contribution in [2.75, 3.05) is 0 Å². The first kappa shape index (κ1) is 12.4. The van der Waals surface area contributed by atoms with E-state index in [4.69, 9.17) is 4.99 Å². The number of aliphatic imine (C=N–C) groups is 3. The van der Waals surface area contributed by atoms with Gasteiger partial charge in [-0.05, 0) is 42.7 Å². The molecule has 0 N–H and O–H groups in total. The van der Waals surface area contributed by atoms with Crippen molar-refractivity contribution in [1.29, 1.82) is 0 Å². The molecule has 1 aliphatic carbocycles. The highest BCUT2D eigenvalue weighted by molar-refractivity contribution is 6.56. The SMILES string of the molecule is CCC1C=CC23N=CN=C2C(c2ccc(F)cc2)=NC3=C1. The van der Waals surface area contributed by atoms with Gasteiger partial charge in [0.05, 0.1) is 11.4 Å². The Hall–Kier alpha value is -2.36. The van der Waals surface area contributed by atoms with Crippen LogP contribution in [-0.2, 0) is 0 Å². The van der Waals surface area contributed by atoms with Crippen LogP contribution in [0.2, 0.25) is 0 Å². The molecule has 4 heteroatoms. The Morgan fingerprint density at radius 2 is 2.05 bits per heavy atom. The van der Waals surface area contributed by atoms with Gasteiger partial charge in [0, 0.05) is 5.56 Å². The molecule has 2 aliphatic heterocycles. The van der Waals surface area contributed by atoms with Gasteiger partial charge in [0.25, 0.3) is 0 Å². The zero-order valence-corrected chi connectivity index (χ0v) is 11.6. The molecule has 0 radical (unpaired) electrons. The third-order valence-electron chi connectivity index (χ3n) is 4.20. The first-order valence-corrected chi connectivity index (χ1v) is 7.11. The van der Waals surface area contributed by atoms with Gasteiger partial charge in [0.1, 0.15) is 17.9 Å².